The van der Waals surface area contributed by atoms with Crippen LogP contribution in [0.15, 0.2) is 48.7 Å². The monoisotopic (exact) mass is 468 g/mol. The summed E-state index contributed by atoms with van der Waals surface area (Å²) in [5.74, 6) is 1.29. The van der Waals surface area contributed by atoms with Crippen LogP contribution in [0.5, 0.6) is 17.2 Å². The quantitative estimate of drug-likeness (QED) is 0.325. The largest absolute Gasteiger partial charge is 0.493 e. The van der Waals surface area contributed by atoms with Crippen molar-refractivity contribution in [3.8, 4) is 17.2 Å². The molecule has 0 bridgehead atoms. The van der Waals surface area contributed by atoms with Gasteiger partial charge in [-0.25, -0.2) is 4.98 Å². The van der Waals surface area contributed by atoms with Crippen molar-refractivity contribution in [2.45, 2.75) is 25.1 Å². The zero-order valence-corrected chi connectivity index (χ0v) is 19.2. The molecule has 0 saturated carbocycles. The Hall–Kier alpha value is -4.05. The van der Waals surface area contributed by atoms with Crippen LogP contribution in [0, 0.1) is 0 Å². The molecular formula is C24H28N4O6. The van der Waals surface area contributed by atoms with E-state index in [1.807, 2.05) is 6.07 Å². The SMILES string of the molecule is COc1cc(Nc2ncccc2/C=C/C=C/C(=O)NC2CCC(O)NC2=O)cc(OC)c1OC. The number of aromatic nitrogens is 1. The molecule has 1 saturated heterocycles. The summed E-state index contributed by atoms with van der Waals surface area (Å²) in [5, 5.41) is 17.7. The number of piperidine rings is 1. The van der Waals surface area contributed by atoms with Crippen molar-refractivity contribution < 1.29 is 28.9 Å². The molecule has 2 unspecified atom stereocenters. The number of aliphatic hydroxyl groups is 1. The number of ether oxygens (including phenoxy) is 3. The van der Waals surface area contributed by atoms with Gasteiger partial charge in [-0.05, 0) is 25.0 Å². The van der Waals surface area contributed by atoms with Gasteiger partial charge in [0.2, 0.25) is 17.6 Å². The fourth-order valence-electron chi connectivity index (χ4n) is 3.40. The van der Waals surface area contributed by atoms with Crippen molar-refractivity contribution in [1.29, 1.82) is 0 Å². The summed E-state index contributed by atoms with van der Waals surface area (Å²) in [5.41, 5.74) is 1.47. The Morgan fingerprint density at radius 2 is 1.88 bits per heavy atom. The Labute approximate surface area is 197 Å². The predicted molar refractivity (Wildman–Crippen MR) is 127 cm³/mol. The average molecular weight is 469 g/mol. The van der Waals surface area contributed by atoms with E-state index in [4.69, 9.17) is 14.2 Å². The van der Waals surface area contributed by atoms with Gasteiger partial charge in [0.1, 0.15) is 18.1 Å². The standard InChI is InChI=1S/C24H28N4O6/c1-32-18-13-16(14-19(33-2)22(18)34-3)26-23-15(8-6-12-25-23)7-4-5-9-20(29)27-17-10-11-21(30)28-24(17)31/h4-9,12-14,17,21,30H,10-11H2,1-3H3,(H,25,26)(H,27,29)(H,28,31)/b7-4+,9-5+. The number of carbonyl (C=O) groups is 2. The van der Waals surface area contributed by atoms with Gasteiger partial charge in [0, 0.05) is 35.7 Å². The van der Waals surface area contributed by atoms with Gasteiger partial charge in [0.05, 0.1) is 21.3 Å². The van der Waals surface area contributed by atoms with Crippen LogP contribution < -0.4 is 30.2 Å². The van der Waals surface area contributed by atoms with E-state index in [2.05, 4.69) is 20.9 Å². The molecule has 1 aromatic heterocycles. The lowest BCUT2D eigenvalue weighted by atomic mass is 10.1. The molecule has 10 heteroatoms. The lowest BCUT2D eigenvalue weighted by Gasteiger charge is -2.26. The molecule has 4 N–H and O–H groups in total. The molecule has 3 rings (SSSR count). The number of carbonyl (C=O) groups excluding carboxylic acids is 2. The third kappa shape index (κ3) is 6.26. The first-order valence-corrected chi connectivity index (χ1v) is 10.6. The van der Waals surface area contributed by atoms with Crippen LogP contribution in [-0.2, 0) is 9.59 Å². The Kier molecular flexibility index (Phi) is 8.47. The van der Waals surface area contributed by atoms with Crippen LogP contribution in [0.25, 0.3) is 6.08 Å². The smallest absolute Gasteiger partial charge is 0.244 e. The molecule has 1 aromatic carbocycles. The fraction of sp³-hybridized carbons (Fsp3) is 0.292. The molecule has 10 nitrogen and oxygen atoms in total. The van der Waals surface area contributed by atoms with Gasteiger partial charge in [0.15, 0.2) is 11.5 Å². The van der Waals surface area contributed by atoms with Crippen molar-refractivity contribution in [2.75, 3.05) is 26.6 Å². The van der Waals surface area contributed by atoms with Crippen LogP contribution in [0.1, 0.15) is 18.4 Å². The lowest BCUT2D eigenvalue weighted by molar-refractivity contribution is -0.132. The van der Waals surface area contributed by atoms with Gasteiger partial charge in [0.25, 0.3) is 0 Å². The number of amides is 2. The van der Waals surface area contributed by atoms with E-state index in [0.29, 0.717) is 41.6 Å². The van der Waals surface area contributed by atoms with Gasteiger partial charge < -0.3 is 35.3 Å². The molecule has 0 aliphatic carbocycles. The number of nitrogens with one attached hydrogen (secondary N) is 3. The maximum atomic E-state index is 12.1. The minimum Gasteiger partial charge on any atom is -0.493 e. The number of anilines is 2. The molecule has 2 amide bonds. The van der Waals surface area contributed by atoms with Crippen LogP contribution in [0.2, 0.25) is 0 Å². The Morgan fingerprint density at radius 3 is 2.53 bits per heavy atom. The number of nitrogens with zero attached hydrogens (tertiary/aromatic N) is 1. The second kappa shape index (κ2) is 11.7. The first-order chi connectivity index (χ1) is 16.4. The normalized spacial score (nSPS) is 17.9. The van der Waals surface area contributed by atoms with Crippen LogP contribution >= 0.6 is 0 Å². The summed E-state index contributed by atoms with van der Waals surface area (Å²) >= 11 is 0. The molecule has 2 atom stereocenters. The molecular weight excluding hydrogens is 440 g/mol. The first-order valence-electron chi connectivity index (χ1n) is 10.6. The molecule has 0 radical (unpaired) electrons. The third-order valence-corrected chi connectivity index (χ3v) is 5.07. The second-order valence-electron chi connectivity index (χ2n) is 7.36. The third-order valence-electron chi connectivity index (χ3n) is 5.07. The fourth-order valence-corrected chi connectivity index (χ4v) is 3.40. The Bertz CT molecular complexity index is 1060. The van der Waals surface area contributed by atoms with Crippen molar-refractivity contribution in [2.24, 2.45) is 0 Å². The van der Waals surface area contributed by atoms with E-state index >= 15 is 0 Å². The summed E-state index contributed by atoms with van der Waals surface area (Å²) in [6.45, 7) is 0. The van der Waals surface area contributed by atoms with Crippen molar-refractivity contribution in [1.82, 2.24) is 15.6 Å². The second-order valence-corrected chi connectivity index (χ2v) is 7.36. The first kappa shape index (κ1) is 24.6. The number of benzene rings is 1. The Morgan fingerprint density at radius 1 is 1.15 bits per heavy atom. The molecule has 1 aliphatic heterocycles. The van der Waals surface area contributed by atoms with E-state index in [9.17, 15) is 14.7 Å². The molecule has 0 spiro atoms. The zero-order chi connectivity index (χ0) is 24.5. The van der Waals surface area contributed by atoms with Crippen LogP contribution in [0.3, 0.4) is 0 Å². The zero-order valence-electron chi connectivity index (χ0n) is 19.2. The van der Waals surface area contributed by atoms with Gasteiger partial charge in [-0.3, -0.25) is 9.59 Å². The number of hydrogen-bond donors (Lipinski definition) is 4. The minimum atomic E-state index is -0.860. The molecule has 1 aliphatic rings. The highest BCUT2D eigenvalue weighted by atomic mass is 16.5. The van der Waals surface area contributed by atoms with Gasteiger partial charge in [-0.15, -0.1) is 0 Å². The van der Waals surface area contributed by atoms with Crippen molar-refractivity contribution >= 4 is 29.4 Å². The highest BCUT2D eigenvalue weighted by Crippen LogP contribution is 2.40. The van der Waals surface area contributed by atoms with E-state index in [1.165, 1.54) is 13.2 Å². The molecule has 1 fully saturated rings. The summed E-state index contributed by atoms with van der Waals surface area (Å²) in [6, 6.07) is 6.56. The summed E-state index contributed by atoms with van der Waals surface area (Å²) < 4.78 is 16.1. The predicted octanol–water partition coefficient (Wildman–Crippen LogP) is 2.13. The number of pyridine rings is 1. The number of hydrogen-bond acceptors (Lipinski definition) is 8. The summed E-state index contributed by atoms with van der Waals surface area (Å²) in [6.07, 6.45) is 7.96. The number of methoxy groups -OCH3 is 3. The van der Waals surface area contributed by atoms with Gasteiger partial charge in [-0.2, -0.15) is 0 Å². The number of aliphatic hydroxyl groups excluding tert-OH is 1. The highest BCUT2D eigenvalue weighted by molar-refractivity contribution is 5.93. The minimum absolute atomic E-state index is 0.383. The molecule has 2 aromatic rings. The number of rotatable bonds is 9. The summed E-state index contributed by atoms with van der Waals surface area (Å²) in [4.78, 5) is 28.3. The summed E-state index contributed by atoms with van der Waals surface area (Å²) in [7, 11) is 4.63. The van der Waals surface area contributed by atoms with Crippen molar-refractivity contribution in [3.05, 3.63) is 54.3 Å². The maximum Gasteiger partial charge on any atom is 0.244 e. The van der Waals surface area contributed by atoms with E-state index in [1.54, 1.807) is 56.8 Å². The molecule has 2 heterocycles. The van der Waals surface area contributed by atoms with Gasteiger partial charge >= 0.3 is 0 Å². The number of allylic oxidation sites excluding steroid dienone is 2. The topological polar surface area (TPSA) is 131 Å². The van der Waals surface area contributed by atoms with Crippen LogP contribution in [-0.4, -0.2) is 55.5 Å². The van der Waals surface area contributed by atoms with E-state index in [-0.39, 0.29) is 0 Å². The highest BCUT2D eigenvalue weighted by Gasteiger charge is 2.27. The molecule has 180 valence electrons. The molecule has 34 heavy (non-hydrogen) atoms. The van der Waals surface area contributed by atoms with Crippen molar-refractivity contribution in [3.63, 3.8) is 0 Å². The Balaban J connectivity index is 1.67. The van der Waals surface area contributed by atoms with Crippen LogP contribution in [0.4, 0.5) is 11.5 Å². The van der Waals surface area contributed by atoms with E-state index in [0.717, 1.165) is 5.56 Å². The van der Waals surface area contributed by atoms with Gasteiger partial charge in [-0.1, -0.05) is 18.2 Å². The average Bonchev–Trinajstić information content (AvgIpc) is 2.83. The maximum absolute atomic E-state index is 12.1. The lowest BCUT2D eigenvalue weighted by Crippen LogP contribution is -2.53. The van der Waals surface area contributed by atoms with E-state index < -0.39 is 24.1 Å².